The topological polar surface area (TPSA) is 44.7 Å². The molecule has 1 heterocycles. The fourth-order valence-corrected chi connectivity index (χ4v) is 3.58. The first-order chi connectivity index (χ1) is 13.4. The van der Waals surface area contributed by atoms with Crippen molar-refractivity contribution in [1.29, 1.82) is 0 Å². The van der Waals surface area contributed by atoms with Gasteiger partial charge >= 0.3 is 0 Å². The summed E-state index contributed by atoms with van der Waals surface area (Å²) in [6.07, 6.45) is 1.50. The van der Waals surface area contributed by atoms with E-state index in [1.807, 2.05) is 19.1 Å². The Kier molecular flexibility index (Phi) is 7.05. The molecule has 7 heteroatoms. The van der Waals surface area contributed by atoms with E-state index in [1.54, 1.807) is 18.2 Å². The van der Waals surface area contributed by atoms with Crippen molar-refractivity contribution in [2.24, 2.45) is 11.0 Å². The molecule has 0 atom stereocenters. The molecule has 0 unspecified atom stereocenters. The van der Waals surface area contributed by atoms with E-state index in [9.17, 15) is 9.18 Å². The van der Waals surface area contributed by atoms with Crippen LogP contribution in [0.2, 0.25) is 10.0 Å². The van der Waals surface area contributed by atoms with Crippen molar-refractivity contribution in [3.05, 3.63) is 69.5 Å². The molecule has 1 aliphatic rings. The van der Waals surface area contributed by atoms with E-state index < -0.39 is 0 Å². The quantitative estimate of drug-likeness (QED) is 0.551. The summed E-state index contributed by atoms with van der Waals surface area (Å²) in [5, 5.41) is 5.31. The summed E-state index contributed by atoms with van der Waals surface area (Å²) >= 11 is 12.0. The first-order valence-electron chi connectivity index (χ1n) is 9.19. The molecule has 148 valence electrons. The molecule has 1 fully saturated rings. The van der Waals surface area contributed by atoms with Crippen LogP contribution < -0.4 is 5.43 Å². The molecule has 2 aromatic carbocycles. The van der Waals surface area contributed by atoms with Gasteiger partial charge in [0.15, 0.2) is 0 Å². The molecule has 0 spiro atoms. The van der Waals surface area contributed by atoms with Gasteiger partial charge < -0.3 is 0 Å². The Balaban J connectivity index is 1.49. The number of hydrazone groups is 1. The van der Waals surface area contributed by atoms with Crippen LogP contribution in [0.5, 0.6) is 0 Å². The molecule has 2 aromatic rings. The van der Waals surface area contributed by atoms with Crippen LogP contribution in [0.3, 0.4) is 0 Å². The van der Waals surface area contributed by atoms with E-state index in [1.165, 1.54) is 12.1 Å². The lowest BCUT2D eigenvalue weighted by Crippen LogP contribution is -2.39. The van der Waals surface area contributed by atoms with Gasteiger partial charge in [-0.2, -0.15) is 5.10 Å². The zero-order valence-electron chi connectivity index (χ0n) is 15.6. The Morgan fingerprint density at radius 1 is 1.18 bits per heavy atom. The number of benzene rings is 2. The highest BCUT2D eigenvalue weighted by Crippen LogP contribution is 2.23. The van der Waals surface area contributed by atoms with Crippen LogP contribution in [0.4, 0.5) is 4.39 Å². The summed E-state index contributed by atoms with van der Waals surface area (Å²) in [5.74, 6) is -0.465. The van der Waals surface area contributed by atoms with Crippen LogP contribution in [-0.4, -0.2) is 29.6 Å². The highest BCUT2D eigenvalue weighted by atomic mass is 35.5. The third-order valence-electron chi connectivity index (χ3n) is 4.96. The van der Waals surface area contributed by atoms with Crippen molar-refractivity contribution in [3.8, 4) is 0 Å². The maximum atomic E-state index is 13.2. The van der Waals surface area contributed by atoms with Crippen molar-refractivity contribution in [2.45, 2.75) is 26.3 Å². The van der Waals surface area contributed by atoms with E-state index in [2.05, 4.69) is 15.4 Å². The third-order valence-corrected chi connectivity index (χ3v) is 5.57. The molecule has 0 aliphatic carbocycles. The molecule has 1 saturated heterocycles. The predicted octanol–water partition coefficient (Wildman–Crippen LogP) is 4.88. The van der Waals surface area contributed by atoms with Crippen LogP contribution in [0.15, 0.2) is 47.6 Å². The molecular weight excluding hydrogens is 400 g/mol. The van der Waals surface area contributed by atoms with Gasteiger partial charge in [-0.1, -0.05) is 41.4 Å². The average molecular weight is 422 g/mol. The second kappa shape index (κ2) is 9.50. The van der Waals surface area contributed by atoms with Gasteiger partial charge in [0.2, 0.25) is 5.91 Å². The van der Waals surface area contributed by atoms with Crippen LogP contribution in [-0.2, 0) is 11.3 Å². The molecule has 4 nitrogen and oxygen atoms in total. The van der Waals surface area contributed by atoms with E-state index in [0.29, 0.717) is 16.6 Å². The molecular formula is C21H22Cl2FN3O. The standard InChI is InChI=1S/C21H22Cl2FN3O/c1-14(15-2-5-18(22)6-3-15)25-26-21(28)16-8-10-27(11-9-16)13-17-4-7-19(24)12-20(17)23/h2-7,12,16H,8-11,13H2,1H3,(H,26,28). The Labute approximate surface area is 174 Å². The Morgan fingerprint density at radius 2 is 1.86 bits per heavy atom. The summed E-state index contributed by atoms with van der Waals surface area (Å²) in [7, 11) is 0. The van der Waals surface area contributed by atoms with Crippen LogP contribution >= 0.6 is 23.2 Å². The average Bonchev–Trinajstić information content (AvgIpc) is 2.69. The highest BCUT2D eigenvalue weighted by molar-refractivity contribution is 6.31. The van der Waals surface area contributed by atoms with Gasteiger partial charge in [-0.15, -0.1) is 0 Å². The highest BCUT2D eigenvalue weighted by Gasteiger charge is 2.25. The van der Waals surface area contributed by atoms with Crippen molar-refractivity contribution in [3.63, 3.8) is 0 Å². The summed E-state index contributed by atoms with van der Waals surface area (Å²) in [6.45, 7) is 4.07. The molecule has 0 aromatic heterocycles. The lowest BCUT2D eigenvalue weighted by atomic mass is 9.96. The monoisotopic (exact) mass is 421 g/mol. The number of carbonyl (C=O) groups excluding carboxylic acids is 1. The molecule has 3 rings (SSSR count). The first-order valence-corrected chi connectivity index (χ1v) is 9.94. The minimum Gasteiger partial charge on any atom is -0.299 e. The van der Waals surface area contributed by atoms with Gasteiger partial charge in [0.25, 0.3) is 0 Å². The number of amides is 1. The number of hydrogen-bond acceptors (Lipinski definition) is 3. The van der Waals surface area contributed by atoms with Crippen LogP contribution in [0.25, 0.3) is 0 Å². The number of nitrogens with zero attached hydrogens (tertiary/aromatic N) is 2. The van der Waals surface area contributed by atoms with Crippen LogP contribution in [0, 0.1) is 11.7 Å². The lowest BCUT2D eigenvalue weighted by molar-refractivity contribution is -0.126. The zero-order chi connectivity index (χ0) is 20.1. The number of piperidine rings is 1. The molecule has 1 amide bonds. The third kappa shape index (κ3) is 5.53. The predicted molar refractivity (Wildman–Crippen MR) is 111 cm³/mol. The molecule has 1 N–H and O–H groups in total. The van der Waals surface area contributed by atoms with Crippen molar-refractivity contribution < 1.29 is 9.18 Å². The summed E-state index contributed by atoms with van der Waals surface area (Å²) in [4.78, 5) is 14.7. The number of rotatable bonds is 5. The normalized spacial score (nSPS) is 16.2. The molecule has 28 heavy (non-hydrogen) atoms. The molecule has 1 aliphatic heterocycles. The Bertz CT molecular complexity index is 862. The number of carbonyl (C=O) groups is 1. The number of nitrogens with one attached hydrogen (secondary N) is 1. The maximum absolute atomic E-state index is 13.2. The van der Waals surface area contributed by atoms with E-state index in [-0.39, 0.29) is 17.6 Å². The summed E-state index contributed by atoms with van der Waals surface area (Å²) in [6, 6.07) is 11.8. The molecule has 0 radical (unpaired) electrons. The summed E-state index contributed by atoms with van der Waals surface area (Å²) < 4.78 is 13.2. The van der Waals surface area contributed by atoms with Gasteiger partial charge in [-0.3, -0.25) is 9.69 Å². The van der Waals surface area contributed by atoms with Crippen LogP contribution in [0.1, 0.15) is 30.9 Å². The molecule has 0 bridgehead atoms. The largest absolute Gasteiger partial charge is 0.299 e. The second-order valence-corrected chi connectivity index (χ2v) is 7.81. The maximum Gasteiger partial charge on any atom is 0.243 e. The number of hydrogen-bond donors (Lipinski definition) is 1. The molecule has 0 saturated carbocycles. The van der Waals surface area contributed by atoms with Gasteiger partial charge in [0, 0.05) is 22.5 Å². The second-order valence-electron chi connectivity index (χ2n) is 6.97. The van der Waals surface area contributed by atoms with Gasteiger partial charge in [-0.05, 0) is 68.2 Å². The minimum atomic E-state index is -0.335. The number of likely N-dealkylation sites (tertiary alicyclic amines) is 1. The summed E-state index contributed by atoms with van der Waals surface area (Å²) in [5.41, 5.74) is 5.22. The van der Waals surface area contributed by atoms with Crippen molar-refractivity contribution in [2.75, 3.05) is 13.1 Å². The van der Waals surface area contributed by atoms with Crippen molar-refractivity contribution in [1.82, 2.24) is 10.3 Å². The Hall–Kier alpha value is -1.95. The van der Waals surface area contributed by atoms with Gasteiger partial charge in [-0.25, -0.2) is 9.82 Å². The Morgan fingerprint density at radius 3 is 2.50 bits per heavy atom. The number of halogens is 3. The van der Waals surface area contributed by atoms with E-state index in [4.69, 9.17) is 23.2 Å². The SMILES string of the molecule is CC(=NNC(=O)C1CCN(Cc2ccc(F)cc2Cl)CC1)c1ccc(Cl)cc1. The van der Waals surface area contributed by atoms with E-state index >= 15 is 0 Å². The fourth-order valence-electron chi connectivity index (χ4n) is 3.23. The fraction of sp³-hybridized carbons (Fsp3) is 0.333. The van der Waals surface area contributed by atoms with Gasteiger partial charge in [0.1, 0.15) is 5.82 Å². The smallest absolute Gasteiger partial charge is 0.243 e. The van der Waals surface area contributed by atoms with Gasteiger partial charge in [0.05, 0.1) is 5.71 Å². The first kappa shape index (κ1) is 20.8. The minimum absolute atomic E-state index is 0.0622. The zero-order valence-corrected chi connectivity index (χ0v) is 17.1. The lowest BCUT2D eigenvalue weighted by Gasteiger charge is -2.31. The van der Waals surface area contributed by atoms with E-state index in [0.717, 1.165) is 42.8 Å². The van der Waals surface area contributed by atoms with Crippen molar-refractivity contribution >= 4 is 34.8 Å².